The first-order valence-corrected chi connectivity index (χ1v) is 14.5. The number of nitrogens with zero attached hydrogens (tertiary/aromatic N) is 3. The van der Waals surface area contributed by atoms with Gasteiger partial charge in [0.2, 0.25) is 12.1 Å². The molecule has 7 aromatic rings. The Hall–Kier alpha value is -4.70. The molecule has 4 heteroatoms. The maximum absolute atomic E-state index is 13.4. The lowest BCUT2D eigenvalue weighted by atomic mass is 10.0. The molecule has 0 fully saturated rings. The molecule has 202 valence electrons. The number of aryl methyl sites for hydroxylation is 4. The van der Waals surface area contributed by atoms with Crippen molar-refractivity contribution in [2.45, 2.75) is 46.3 Å². The van der Waals surface area contributed by atoms with Gasteiger partial charge in [-0.1, -0.05) is 72.8 Å². The van der Waals surface area contributed by atoms with E-state index in [0.717, 1.165) is 47.8 Å². The Kier molecular flexibility index (Phi) is 6.39. The van der Waals surface area contributed by atoms with Crippen LogP contribution in [0.3, 0.4) is 0 Å². The second kappa shape index (κ2) is 10.4. The number of fused-ring (bicyclic) bond motifs is 5. The number of aromatic nitrogens is 3. The van der Waals surface area contributed by atoms with Crippen molar-refractivity contribution in [1.29, 1.82) is 0 Å². The molecule has 0 spiro atoms. The molecule has 2 aromatic heterocycles. The molecule has 0 radical (unpaired) electrons. The van der Waals surface area contributed by atoms with E-state index in [1.54, 1.807) is 0 Å². The quantitative estimate of drug-likeness (QED) is 0.109. The SMILES string of the molecule is Cc1cc2c(cc1C)[n+](CC(=O)c1ccc3ccccc3c1)cn2CCCCn1c2ccccc2c2ccccc21. The molecule has 0 aliphatic heterocycles. The van der Waals surface area contributed by atoms with Crippen LogP contribution < -0.4 is 4.57 Å². The molecular formula is C37H34N3O+. The fourth-order valence-corrected chi connectivity index (χ4v) is 6.25. The molecule has 0 atom stereocenters. The number of carbonyl (C=O) groups is 1. The van der Waals surface area contributed by atoms with Gasteiger partial charge in [-0.05, 0) is 78.9 Å². The van der Waals surface area contributed by atoms with Gasteiger partial charge in [-0.15, -0.1) is 0 Å². The molecule has 41 heavy (non-hydrogen) atoms. The standard InChI is InChI=1S/C37H34N3O/c1-26-21-35-36(22-27(26)2)39(24-37(41)30-18-17-28-11-3-4-12-29(28)23-30)25-38(35)19-9-10-20-40-33-15-7-5-13-31(33)32-14-6-8-16-34(32)40/h3-8,11-18,21-23,25H,9-10,19-20,24H2,1-2H3/q+1. The van der Waals surface area contributed by atoms with Crippen molar-refractivity contribution in [3.8, 4) is 0 Å². The minimum absolute atomic E-state index is 0.129. The second-order valence-corrected chi connectivity index (χ2v) is 11.2. The molecule has 2 heterocycles. The predicted molar refractivity (Wildman–Crippen MR) is 169 cm³/mol. The van der Waals surface area contributed by atoms with Crippen LogP contribution in [0.25, 0.3) is 43.6 Å². The highest BCUT2D eigenvalue weighted by Crippen LogP contribution is 2.29. The van der Waals surface area contributed by atoms with Gasteiger partial charge >= 0.3 is 0 Å². The largest absolute Gasteiger partial charge is 0.340 e. The van der Waals surface area contributed by atoms with E-state index in [9.17, 15) is 4.79 Å². The monoisotopic (exact) mass is 536 g/mol. The number of ketones is 1. The summed E-state index contributed by atoms with van der Waals surface area (Å²) in [5, 5.41) is 4.89. The van der Waals surface area contributed by atoms with Gasteiger partial charge in [0.25, 0.3) is 0 Å². The van der Waals surface area contributed by atoms with Gasteiger partial charge < -0.3 is 4.57 Å². The first kappa shape index (κ1) is 25.3. The van der Waals surface area contributed by atoms with Gasteiger partial charge in [-0.3, -0.25) is 4.79 Å². The first-order chi connectivity index (χ1) is 20.1. The lowest BCUT2D eigenvalue weighted by Crippen LogP contribution is -2.37. The van der Waals surface area contributed by atoms with Crippen LogP contribution in [-0.4, -0.2) is 14.9 Å². The van der Waals surface area contributed by atoms with Crippen molar-refractivity contribution in [1.82, 2.24) is 9.13 Å². The zero-order chi connectivity index (χ0) is 27.9. The van der Waals surface area contributed by atoms with Crippen molar-refractivity contribution < 1.29 is 9.36 Å². The third kappa shape index (κ3) is 4.59. The predicted octanol–water partition coefficient (Wildman–Crippen LogP) is 8.17. The van der Waals surface area contributed by atoms with Crippen LogP contribution in [-0.2, 0) is 19.6 Å². The molecule has 0 N–H and O–H groups in total. The summed E-state index contributed by atoms with van der Waals surface area (Å²) in [5.41, 5.74) is 8.18. The summed E-state index contributed by atoms with van der Waals surface area (Å²) in [6.07, 6.45) is 4.27. The summed E-state index contributed by atoms with van der Waals surface area (Å²) in [6, 6.07) is 36.1. The Morgan fingerprint density at radius 1 is 0.659 bits per heavy atom. The highest BCUT2D eigenvalue weighted by atomic mass is 16.1. The molecule has 0 saturated carbocycles. The maximum atomic E-state index is 13.4. The fraction of sp³-hybridized carbons (Fsp3) is 0.189. The minimum Gasteiger partial charge on any atom is -0.340 e. The van der Waals surface area contributed by atoms with Crippen molar-refractivity contribution in [2.24, 2.45) is 0 Å². The molecule has 0 unspecified atom stereocenters. The van der Waals surface area contributed by atoms with Gasteiger partial charge in [0, 0.05) is 33.9 Å². The third-order valence-electron chi connectivity index (χ3n) is 8.58. The van der Waals surface area contributed by atoms with Gasteiger partial charge in [0.05, 0.1) is 6.54 Å². The molecule has 0 bridgehead atoms. The number of benzene rings is 5. The smallest absolute Gasteiger partial charge is 0.245 e. The first-order valence-electron chi connectivity index (χ1n) is 14.5. The molecule has 0 aliphatic carbocycles. The number of unbranched alkanes of at least 4 members (excludes halogenated alkanes) is 1. The molecular weight excluding hydrogens is 502 g/mol. The van der Waals surface area contributed by atoms with Crippen LogP contribution >= 0.6 is 0 Å². The van der Waals surface area contributed by atoms with E-state index in [4.69, 9.17) is 0 Å². The van der Waals surface area contributed by atoms with E-state index in [1.807, 2.05) is 30.3 Å². The van der Waals surface area contributed by atoms with Crippen molar-refractivity contribution in [3.63, 3.8) is 0 Å². The molecule has 0 amide bonds. The molecule has 0 aliphatic rings. The van der Waals surface area contributed by atoms with Crippen LogP contribution in [0.15, 0.2) is 109 Å². The third-order valence-corrected chi connectivity index (χ3v) is 8.58. The highest BCUT2D eigenvalue weighted by Gasteiger charge is 2.20. The van der Waals surface area contributed by atoms with E-state index >= 15 is 0 Å². The van der Waals surface area contributed by atoms with E-state index in [2.05, 4.69) is 107 Å². The van der Waals surface area contributed by atoms with Crippen molar-refractivity contribution in [3.05, 3.63) is 126 Å². The number of para-hydroxylation sites is 2. The Labute approximate surface area is 240 Å². The van der Waals surface area contributed by atoms with Crippen LogP contribution in [0.2, 0.25) is 0 Å². The average Bonchev–Trinajstić information content (AvgIpc) is 3.49. The Bertz CT molecular complexity index is 2020. The summed E-state index contributed by atoms with van der Waals surface area (Å²) in [4.78, 5) is 13.4. The van der Waals surface area contributed by atoms with Gasteiger partial charge in [0.15, 0.2) is 17.6 Å². The summed E-state index contributed by atoms with van der Waals surface area (Å²) >= 11 is 0. The lowest BCUT2D eigenvalue weighted by Gasteiger charge is -2.07. The number of carbonyl (C=O) groups excluding carboxylic acids is 1. The normalized spacial score (nSPS) is 11.8. The molecule has 0 saturated heterocycles. The Balaban J connectivity index is 1.13. The number of rotatable bonds is 8. The molecule has 5 aromatic carbocycles. The van der Waals surface area contributed by atoms with Crippen LogP contribution in [0, 0.1) is 13.8 Å². The average molecular weight is 537 g/mol. The molecule has 4 nitrogen and oxygen atoms in total. The molecule has 7 rings (SSSR count). The van der Waals surface area contributed by atoms with Gasteiger partial charge in [-0.2, -0.15) is 0 Å². The van der Waals surface area contributed by atoms with Crippen molar-refractivity contribution in [2.75, 3.05) is 0 Å². The second-order valence-electron chi connectivity index (χ2n) is 11.2. The highest BCUT2D eigenvalue weighted by molar-refractivity contribution is 6.08. The van der Waals surface area contributed by atoms with E-state index < -0.39 is 0 Å². The lowest BCUT2D eigenvalue weighted by molar-refractivity contribution is -0.658. The van der Waals surface area contributed by atoms with Crippen LogP contribution in [0.5, 0.6) is 0 Å². The zero-order valence-corrected chi connectivity index (χ0v) is 23.7. The number of imidazole rings is 1. The van der Waals surface area contributed by atoms with Gasteiger partial charge in [-0.25, -0.2) is 9.13 Å². The number of hydrogen-bond donors (Lipinski definition) is 0. The van der Waals surface area contributed by atoms with Crippen LogP contribution in [0.4, 0.5) is 0 Å². The fourth-order valence-electron chi connectivity index (χ4n) is 6.25. The van der Waals surface area contributed by atoms with Gasteiger partial charge in [0.1, 0.15) is 0 Å². The van der Waals surface area contributed by atoms with E-state index in [0.29, 0.717) is 6.54 Å². The summed E-state index contributed by atoms with van der Waals surface area (Å²) in [5.74, 6) is 0.129. The van der Waals surface area contributed by atoms with Crippen LogP contribution in [0.1, 0.15) is 34.3 Å². The van der Waals surface area contributed by atoms with E-state index in [1.165, 1.54) is 38.4 Å². The summed E-state index contributed by atoms with van der Waals surface area (Å²) in [7, 11) is 0. The van der Waals surface area contributed by atoms with Crippen molar-refractivity contribution >= 4 is 49.4 Å². The topological polar surface area (TPSA) is 30.8 Å². The Morgan fingerprint density at radius 3 is 2.05 bits per heavy atom. The van der Waals surface area contributed by atoms with E-state index in [-0.39, 0.29) is 5.78 Å². The minimum atomic E-state index is 0.129. The number of Topliss-reactive ketones (excluding diaryl/α,β-unsaturated/α-hetero) is 1. The zero-order valence-electron chi connectivity index (χ0n) is 23.7. The Morgan fingerprint density at radius 2 is 1.29 bits per heavy atom. The maximum Gasteiger partial charge on any atom is 0.245 e. The number of hydrogen-bond acceptors (Lipinski definition) is 1. The summed E-state index contributed by atoms with van der Waals surface area (Å²) < 4.78 is 6.93. The summed E-state index contributed by atoms with van der Waals surface area (Å²) in [6.45, 7) is 6.52.